The first-order valence-electron chi connectivity index (χ1n) is 9.28. The van der Waals surface area contributed by atoms with Gasteiger partial charge in [0.1, 0.15) is 0 Å². The largest absolute Gasteiger partial charge is 0.573 e. The van der Waals surface area contributed by atoms with E-state index in [-0.39, 0.29) is 23.3 Å². The maximum absolute atomic E-state index is 13.5. The lowest BCUT2D eigenvalue weighted by molar-refractivity contribution is -0.275. The van der Waals surface area contributed by atoms with Crippen molar-refractivity contribution in [3.8, 4) is 23.3 Å². The number of amides is 1. The number of nitrogens with two attached hydrogens (primary N) is 1. The number of rotatable bonds is 5. The third-order valence-corrected chi connectivity index (χ3v) is 4.11. The van der Waals surface area contributed by atoms with Crippen LogP contribution in [0.1, 0.15) is 17.1 Å². The van der Waals surface area contributed by atoms with Crippen molar-refractivity contribution in [1.82, 2.24) is 15.2 Å². The number of aromatic nitrogens is 1. The van der Waals surface area contributed by atoms with Crippen LogP contribution in [0.15, 0.2) is 38.9 Å². The Kier molecular flexibility index (Phi) is 8.72. The smallest absolute Gasteiger partial charge is 0.432 e. The molecule has 1 aliphatic rings. The van der Waals surface area contributed by atoms with E-state index < -0.39 is 23.8 Å². The summed E-state index contributed by atoms with van der Waals surface area (Å²) >= 11 is 0. The van der Waals surface area contributed by atoms with Gasteiger partial charge in [0, 0.05) is 38.0 Å². The van der Waals surface area contributed by atoms with Gasteiger partial charge < -0.3 is 25.2 Å². The number of alkyl halides is 3. The molecule has 2 heterocycles. The summed E-state index contributed by atoms with van der Waals surface area (Å²) in [6, 6.07) is 2.51. The maximum Gasteiger partial charge on any atom is 0.573 e. The molecule has 14 heteroatoms. The first-order chi connectivity index (χ1) is 15.7. The molecular formula is C19H19F4N7O3. The summed E-state index contributed by atoms with van der Waals surface area (Å²) in [5.74, 6) is 1.51. The molecule has 1 aromatic carbocycles. The highest BCUT2D eigenvalue weighted by Crippen LogP contribution is 2.30. The fourth-order valence-electron chi connectivity index (χ4n) is 2.69. The van der Waals surface area contributed by atoms with Gasteiger partial charge in [-0.25, -0.2) is 9.37 Å². The van der Waals surface area contributed by atoms with Crippen molar-refractivity contribution in [3.63, 3.8) is 0 Å². The Morgan fingerprint density at radius 3 is 2.79 bits per heavy atom. The molecule has 0 aliphatic carbocycles. The summed E-state index contributed by atoms with van der Waals surface area (Å²) in [5, 5.41) is 14.6. The van der Waals surface area contributed by atoms with Crippen LogP contribution in [0.25, 0.3) is 11.3 Å². The van der Waals surface area contributed by atoms with E-state index in [1.807, 2.05) is 6.19 Å². The molecule has 176 valence electrons. The van der Waals surface area contributed by atoms with Crippen LogP contribution in [-0.4, -0.2) is 60.8 Å². The first kappa shape index (κ1) is 25.1. The number of nitrogens with zero attached hydrogens (tertiary/aromatic N) is 5. The number of aliphatic imine (C=N–C) groups is 1. The summed E-state index contributed by atoms with van der Waals surface area (Å²) in [7, 11) is 1.65. The molecule has 2 aromatic rings. The molecule has 0 saturated carbocycles. The van der Waals surface area contributed by atoms with Crippen molar-refractivity contribution < 1.29 is 31.5 Å². The molecule has 10 nitrogen and oxygen atoms in total. The molecule has 0 radical (unpaired) electrons. The second kappa shape index (κ2) is 11.5. The third kappa shape index (κ3) is 7.80. The average Bonchev–Trinajstić information content (AvgIpc) is 3.43. The van der Waals surface area contributed by atoms with Gasteiger partial charge >= 0.3 is 12.3 Å². The lowest BCUT2D eigenvalue weighted by Gasteiger charge is -2.10. The number of carbonyl (C=O) groups is 1. The van der Waals surface area contributed by atoms with E-state index in [1.54, 1.807) is 7.05 Å². The second-order valence-corrected chi connectivity index (χ2v) is 6.43. The summed E-state index contributed by atoms with van der Waals surface area (Å²) < 4.78 is 59.3. The fraction of sp³-hybridized carbons (Fsp3) is 0.316. The molecule has 3 N–H and O–H groups in total. The van der Waals surface area contributed by atoms with E-state index in [2.05, 4.69) is 25.1 Å². The molecule has 0 spiro atoms. The van der Waals surface area contributed by atoms with Gasteiger partial charge in [-0.1, -0.05) is 0 Å². The van der Waals surface area contributed by atoms with Gasteiger partial charge in [0.15, 0.2) is 23.5 Å². The Morgan fingerprint density at radius 1 is 1.45 bits per heavy atom. The Balaban J connectivity index is 0.000000569. The number of nitrogens with one attached hydrogen (secondary N) is 1. The van der Waals surface area contributed by atoms with E-state index in [4.69, 9.17) is 15.5 Å². The topological polar surface area (TPSA) is 142 Å². The van der Waals surface area contributed by atoms with Crippen LogP contribution < -0.4 is 15.9 Å². The summed E-state index contributed by atoms with van der Waals surface area (Å²) in [6.45, 7) is 0.891. The zero-order valence-electron chi connectivity index (χ0n) is 17.2. The minimum absolute atomic E-state index is 0.0303. The Morgan fingerprint density at radius 2 is 2.21 bits per heavy atom. The highest BCUT2D eigenvalue weighted by Gasteiger charge is 2.32. The molecular weight excluding hydrogens is 450 g/mol. The molecule has 1 fully saturated rings. The maximum atomic E-state index is 13.5. The van der Waals surface area contributed by atoms with E-state index in [0.717, 1.165) is 18.3 Å². The number of nitriles is 1. The number of hydrazone groups is 1. The van der Waals surface area contributed by atoms with Crippen LogP contribution >= 0.6 is 0 Å². The number of oxazole rings is 1. The summed E-state index contributed by atoms with van der Waals surface area (Å²) in [4.78, 5) is 21.0. The normalized spacial score (nSPS) is 15.9. The van der Waals surface area contributed by atoms with Gasteiger partial charge in [0.2, 0.25) is 0 Å². The predicted octanol–water partition coefficient (Wildman–Crippen LogP) is 2.30. The second-order valence-electron chi connectivity index (χ2n) is 6.43. The zero-order valence-corrected chi connectivity index (χ0v) is 17.2. The van der Waals surface area contributed by atoms with Crippen molar-refractivity contribution >= 4 is 18.3 Å². The number of hydrogen-bond donors (Lipinski definition) is 2. The van der Waals surface area contributed by atoms with Crippen LogP contribution in [0.3, 0.4) is 0 Å². The zero-order chi connectivity index (χ0) is 24.4. The SMILES string of the molecule is CN=C/C=N\N.N#CN1CCC(NC(=O)c2ncc(-c3ccc(F)c(OC(F)(F)F)c3)o2)C1. The summed E-state index contributed by atoms with van der Waals surface area (Å²) in [6.07, 6.45) is 1.58. The Bertz CT molecular complexity index is 1040. The minimum atomic E-state index is -5.05. The van der Waals surface area contributed by atoms with Gasteiger partial charge in [-0.05, 0) is 24.6 Å². The Hall–Kier alpha value is -4.15. The van der Waals surface area contributed by atoms with Crippen molar-refractivity contribution in [2.24, 2.45) is 15.9 Å². The van der Waals surface area contributed by atoms with E-state index in [1.165, 1.54) is 23.4 Å². The van der Waals surface area contributed by atoms with Gasteiger partial charge in [-0.15, -0.1) is 13.2 Å². The Labute approximate surface area is 185 Å². The van der Waals surface area contributed by atoms with E-state index >= 15 is 0 Å². The lowest BCUT2D eigenvalue weighted by Crippen LogP contribution is -2.36. The number of likely N-dealkylation sites (tertiary alicyclic amines) is 1. The van der Waals surface area contributed by atoms with Gasteiger partial charge in [-0.3, -0.25) is 9.79 Å². The average molecular weight is 469 g/mol. The highest BCUT2D eigenvalue weighted by atomic mass is 19.4. The lowest BCUT2D eigenvalue weighted by atomic mass is 10.2. The number of carbonyl (C=O) groups excluding carboxylic acids is 1. The highest BCUT2D eigenvalue weighted by molar-refractivity contribution is 6.15. The van der Waals surface area contributed by atoms with Gasteiger partial charge in [0.25, 0.3) is 5.89 Å². The standard InChI is InChI=1S/C16H12F4N4O3.C3H7N3/c17-11-2-1-9(5-12(11)27-16(18,19)20)13-6-22-15(26-13)14(25)23-10-3-4-24(7-10)8-21;1-5-2-3-6-4/h1-2,5-6,10H,3-4,7H2,(H,23,25);2-3H,4H2,1H3/b;5-2?,6-3-. The monoisotopic (exact) mass is 469 g/mol. The number of benzene rings is 1. The van der Waals surface area contributed by atoms with Crippen LogP contribution in [0.4, 0.5) is 17.6 Å². The third-order valence-electron chi connectivity index (χ3n) is 4.11. The number of hydrogen-bond acceptors (Lipinski definition) is 9. The fourth-order valence-corrected chi connectivity index (χ4v) is 2.69. The molecule has 3 rings (SSSR count). The molecule has 1 aliphatic heterocycles. The molecule has 1 saturated heterocycles. The summed E-state index contributed by atoms with van der Waals surface area (Å²) in [5.41, 5.74) is 0.0544. The molecule has 0 bridgehead atoms. The number of halogens is 4. The van der Waals surface area contributed by atoms with Crippen LogP contribution in [0.5, 0.6) is 5.75 Å². The van der Waals surface area contributed by atoms with Crippen molar-refractivity contribution in [2.75, 3.05) is 20.1 Å². The van der Waals surface area contributed by atoms with Gasteiger partial charge in [0.05, 0.1) is 12.4 Å². The van der Waals surface area contributed by atoms with Crippen molar-refractivity contribution in [2.45, 2.75) is 18.8 Å². The van der Waals surface area contributed by atoms with E-state index in [0.29, 0.717) is 19.5 Å². The minimum Gasteiger partial charge on any atom is -0.432 e. The van der Waals surface area contributed by atoms with Crippen LogP contribution in [0, 0.1) is 17.3 Å². The van der Waals surface area contributed by atoms with Gasteiger partial charge in [-0.2, -0.15) is 10.4 Å². The van der Waals surface area contributed by atoms with Crippen molar-refractivity contribution in [3.05, 3.63) is 36.1 Å². The molecule has 1 aromatic heterocycles. The van der Waals surface area contributed by atoms with Crippen molar-refractivity contribution in [1.29, 1.82) is 5.26 Å². The number of ether oxygens (including phenoxy) is 1. The quantitative estimate of drug-likeness (QED) is 0.225. The molecule has 1 atom stereocenters. The van der Waals surface area contributed by atoms with Crippen LogP contribution in [0.2, 0.25) is 0 Å². The first-order valence-corrected chi connectivity index (χ1v) is 9.28. The molecule has 33 heavy (non-hydrogen) atoms. The van der Waals surface area contributed by atoms with E-state index in [9.17, 15) is 22.4 Å². The predicted molar refractivity (Wildman–Crippen MR) is 109 cm³/mol. The molecule has 1 unspecified atom stereocenters. The van der Waals surface area contributed by atoms with Crippen LogP contribution in [-0.2, 0) is 0 Å². The molecule has 1 amide bonds.